The molecule has 5 rings (SSSR count). The van der Waals surface area contributed by atoms with Gasteiger partial charge in [0.2, 0.25) is 0 Å². The Morgan fingerprint density at radius 1 is 1.06 bits per heavy atom. The molecule has 0 spiro atoms. The van der Waals surface area contributed by atoms with E-state index < -0.39 is 6.04 Å². The zero-order chi connectivity index (χ0) is 23.1. The molecule has 0 radical (unpaired) electrons. The van der Waals surface area contributed by atoms with Gasteiger partial charge < -0.3 is 5.73 Å². The number of halogens is 1. The largest absolute Gasteiger partial charge is 0.375 e. The number of hydrazone groups is 1. The van der Waals surface area contributed by atoms with Crippen molar-refractivity contribution >= 4 is 49.9 Å². The van der Waals surface area contributed by atoms with Crippen LogP contribution in [0.3, 0.4) is 0 Å². The molecule has 0 amide bonds. The first-order valence-electron chi connectivity index (χ1n) is 10.4. The molecule has 0 bridgehead atoms. The summed E-state index contributed by atoms with van der Waals surface area (Å²) in [6.45, 7) is 2.04. The van der Waals surface area contributed by atoms with Gasteiger partial charge in [0.05, 0.1) is 22.3 Å². The molecule has 33 heavy (non-hydrogen) atoms. The Kier molecular flexibility index (Phi) is 5.55. The maximum Gasteiger partial charge on any atom is 0.266 e. The predicted molar refractivity (Wildman–Crippen MR) is 139 cm³/mol. The average Bonchev–Trinajstić information content (AvgIpc) is 3.26. The molecule has 0 aliphatic carbocycles. The van der Waals surface area contributed by atoms with Gasteiger partial charge in [0, 0.05) is 10.9 Å². The smallest absolute Gasteiger partial charge is 0.266 e. The monoisotopic (exact) mass is 517 g/mol. The van der Waals surface area contributed by atoms with Crippen molar-refractivity contribution in [1.82, 2.24) is 14.6 Å². The Morgan fingerprint density at radius 2 is 1.76 bits per heavy atom. The van der Waals surface area contributed by atoms with Crippen LogP contribution < -0.4 is 11.3 Å². The van der Waals surface area contributed by atoms with Gasteiger partial charge in [-0.25, -0.2) is 9.99 Å². The molecule has 1 aromatic heterocycles. The molecule has 2 N–H and O–H groups in total. The predicted octanol–water partition coefficient (Wildman–Crippen LogP) is 4.85. The molecular formula is C25H20BrN5OS. The highest BCUT2D eigenvalue weighted by molar-refractivity contribution is 9.10. The van der Waals surface area contributed by atoms with E-state index >= 15 is 0 Å². The van der Waals surface area contributed by atoms with Crippen LogP contribution in [0, 0.1) is 6.92 Å². The van der Waals surface area contributed by atoms with Gasteiger partial charge in [0.15, 0.2) is 5.11 Å². The van der Waals surface area contributed by atoms with Crippen molar-refractivity contribution in [2.24, 2.45) is 10.8 Å². The highest BCUT2D eigenvalue weighted by atomic mass is 79.9. The van der Waals surface area contributed by atoms with Crippen LogP contribution in [0.4, 0.5) is 0 Å². The van der Waals surface area contributed by atoms with Gasteiger partial charge in [-0.15, -0.1) is 0 Å². The molecule has 0 saturated heterocycles. The number of nitrogens with zero attached hydrogens (tertiary/aromatic N) is 4. The topological polar surface area (TPSA) is 76.5 Å². The lowest BCUT2D eigenvalue weighted by Crippen LogP contribution is -2.36. The maximum atomic E-state index is 13.6. The number of fused-ring (bicyclic) bond motifs is 1. The van der Waals surface area contributed by atoms with Gasteiger partial charge in [0.1, 0.15) is 11.9 Å². The van der Waals surface area contributed by atoms with E-state index in [4.69, 9.17) is 28.0 Å². The summed E-state index contributed by atoms with van der Waals surface area (Å²) in [7, 11) is 0. The molecule has 0 fully saturated rings. The molecule has 6 nitrogen and oxygen atoms in total. The molecule has 8 heteroatoms. The van der Waals surface area contributed by atoms with E-state index in [0.29, 0.717) is 28.8 Å². The minimum Gasteiger partial charge on any atom is -0.375 e. The van der Waals surface area contributed by atoms with Crippen molar-refractivity contribution in [3.63, 3.8) is 0 Å². The fraction of sp³-hybridized carbons (Fsp3) is 0.120. The van der Waals surface area contributed by atoms with Crippen LogP contribution in [-0.4, -0.2) is 25.4 Å². The first kappa shape index (κ1) is 21.5. The van der Waals surface area contributed by atoms with E-state index in [0.717, 1.165) is 15.7 Å². The number of aromatic nitrogens is 2. The van der Waals surface area contributed by atoms with Crippen molar-refractivity contribution in [3.8, 4) is 5.69 Å². The SMILES string of the molecule is Cc1ccc(C2=NN(C(N)=S)C(c3nc4ccccc4c(=O)n3-c3ccc(Br)cc3)C2)cc1. The summed E-state index contributed by atoms with van der Waals surface area (Å²) in [5, 5.41) is 6.99. The van der Waals surface area contributed by atoms with Crippen molar-refractivity contribution in [2.45, 2.75) is 19.4 Å². The second kappa shape index (κ2) is 8.53. The summed E-state index contributed by atoms with van der Waals surface area (Å²) >= 11 is 8.80. The third kappa shape index (κ3) is 3.96. The van der Waals surface area contributed by atoms with Crippen molar-refractivity contribution < 1.29 is 0 Å². The molecule has 1 unspecified atom stereocenters. The lowest BCUT2D eigenvalue weighted by atomic mass is 10.0. The first-order chi connectivity index (χ1) is 15.9. The van der Waals surface area contributed by atoms with Crippen LogP contribution in [0.2, 0.25) is 0 Å². The normalized spacial score (nSPS) is 15.6. The Hall–Kier alpha value is -3.36. The Morgan fingerprint density at radius 3 is 2.45 bits per heavy atom. The summed E-state index contributed by atoms with van der Waals surface area (Å²) in [6.07, 6.45) is 0.516. The summed E-state index contributed by atoms with van der Waals surface area (Å²) in [6, 6.07) is 22.6. The molecule has 3 aromatic carbocycles. The molecule has 164 valence electrons. The van der Waals surface area contributed by atoms with Gasteiger partial charge in [-0.3, -0.25) is 9.36 Å². The molecular weight excluding hydrogens is 498 g/mol. The first-order valence-corrected chi connectivity index (χ1v) is 11.6. The average molecular weight is 518 g/mol. The van der Waals surface area contributed by atoms with Crippen LogP contribution in [0.15, 0.2) is 87.2 Å². The van der Waals surface area contributed by atoms with Crippen molar-refractivity contribution in [1.29, 1.82) is 0 Å². The minimum atomic E-state index is -0.417. The van der Waals surface area contributed by atoms with Gasteiger partial charge >= 0.3 is 0 Å². The van der Waals surface area contributed by atoms with Crippen LogP contribution in [0.25, 0.3) is 16.6 Å². The Balaban J connectivity index is 1.70. The van der Waals surface area contributed by atoms with Gasteiger partial charge in [-0.1, -0.05) is 57.9 Å². The number of hydrogen-bond acceptors (Lipinski definition) is 4. The summed E-state index contributed by atoms with van der Waals surface area (Å²) in [5.74, 6) is 0.541. The second-order valence-electron chi connectivity index (χ2n) is 7.92. The van der Waals surface area contributed by atoms with E-state index in [9.17, 15) is 4.79 Å². The Bertz CT molecular complexity index is 1460. The highest BCUT2D eigenvalue weighted by Crippen LogP contribution is 2.33. The number of aryl methyl sites for hydroxylation is 1. The molecule has 0 saturated carbocycles. The third-order valence-electron chi connectivity index (χ3n) is 5.71. The minimum absolute atomic E-state index is 0.131. The standard InChI is InChI=1S/C25H20BrN5OS/c1-15-6-8-16(9-7-15)21-14-22(31(29-21)25(27)33)23-28-20-5-3-2-4-19(20)24(32)30(23)18-12-10-17(26)11-13-18/h2-13,22H,14H2,1H3,(H2,27,33). The van der Waals surface area contributed by atoms with E-state index in [-0.39, 0.29) is 10.7 Å². The number of thiocarbonyl (C=S) groups is 1. The zero-order valence-electron chi connectivity index (χ0n) is 17.8. The van der Waals surface area contributed by atoms with Crippen LogP contribution in [0.5, 0.6) is 0 Å². The quantitative estimate of drug-likeness (QED) is 0.393. The second-order valence-corrected chi connectivity index (χ2v) is 9.25. The molecule has 1 aliphatic rings. The fourth-order valence-electron chi connectivity index (χ4n) is 4.05. The fourth-order valence-corrected chi connectivity index (χ4v) is 4.48. The summed E-state index contributed by atoms with van der Waals surface area (Å²) in [4.78, 5) is 18.6. The van der Waals surface area contributed by atoms with Gasteiger partial charge in [-0.2, -0.15) is 5.10 Å². The van der Waals surface area contributed by atoms with Gasteiger partial charge in [0.25, 0.3) is 5.56 Å². The number of para-hydroxylation sites is 1. The molecule has 2 heterocycles. The number of nitrogens with two attached hydrogens (primary N) is 1. The van der Waals surface area contributed by atoms with Crippen molar-refractivity contribution in [2.75, 3.05) is 0 Å². The van der Waals surface area contributed by atoms with Crippen LogP contribution >= 0.6 is 28.1 Å². The molecule has 4 aromatic rings. The third-order valence-corrected chi connectivity index (χ3v) is 6.42. The van der Waals surface area contributed by atoms with Crippen LogP contribution in [-0.2, 0) is 0 Å². The van der Waals surface area contributed by atoms with Crippen molar-refractivity contribution in [3.05, 3.63) is 105 Å². The lowest BCUT2D eigenvalue weighted by Gasteiger charge is -2.24. The highest BCUT2D eigenvalue weighted by Gasteiger charge is 2.34. The lowest BCUT2D eigenvalue weighted by molar-refractivity contribution is 0.352. The van der Waals surface area contributed by atoms with E-state index in [1.807, 2.05) is 73.7 Å². The maximum absolute atomic E-state index is 13.6. The summed E-state index contributed by atoms with van der Waals surface area (Å²) < 4.78 is 2.56. The van der Waals surface area contributed by atoms with E-state index in [1.54, 1.807) is 15.6 Å². The number of rotatable bonds is 3. The zero-order valence-corrected chi connectivity index (χ0v) is 20.2. The van der Waals surface area contributed by atoms with E-state index in [1.165, 1.54) is 5.56 Å². The Labute approximate surface area is 204 Å². The number of hydrogen-bond donors (Lipinski definition) is 1. The molecule has 1 atom stereocenters. The van der Waals surface area contributed by atoms with Gasteiger partial charge in [-0.05, 0) is 61.1 Å². The summed E-state index contributed by atoms with van der Waals surface area (Å²) in [5.41, 5.74) is 10.3. The van der Waals surface area contributed by atoms with Crippen LogP contribution in [0.1, 0.15) is 29.4 Å². The molecule has 1 aliphatic heterocycles. The van der Waals surface area contributed by atoms with E-state index in [2.05, 4.69) is 15.9 Å². The number of benzene rings is 3.